The maximum Gasteiger partial charge on any atom is 0.262 e. The largest absolute Gasteiger partial charge is 0.475 e. The Morgan fingerprint density at radius 3 is 2.86 bits per heavy atom. The molecule has 150 valence electrons. The molecule has 0 saturated carbocycles. The highest BCUT2D eigenvalue weighted by atomic mass is 32.1. The molecule has 0 aliphatic heterocycles. The van der Waals surface area contributed by atoms with Crippen molar-refractivity contribution >= 4 is 34.7 Å². The quantitative estimate of drug-likeness (QED) is 0.335. The fraction of sp³-hybridized carbons (Fsp3) is 0.200. The molecule has 3 aromatic rings. The van der Waals surface area contributed by atoms with Crippen molar-refractivity contribution in [2.24, 2.45) is 0 Å². The lowest BCUT2D eigenvalue weighted by Gasteiger charge is -2.09. The first-order valence-corrected chi connectivity index (χ1v) is 9.21. The average Bonchev–Trinajstić information content (AvgIpc) is 2.72. The summed E-state index contributed by atoms with van der Waals surface area (Å²) in [7, 11) is 1.59. The Hall–Kier alpha value is -3.30. The summed E-state index contributed by atoms with van der Waals surface area (Å²) in [4.78, 5) is 32.2. The van der Waals surface area contributed by atoms with Crippen LogP contribution in [0.3, 0.4) is 0 Å². The second kappa shape index (κ2) is 9.26. The number of ether oxygens (including phenoxy) is 2. The Bertz CT molecular complexity index is 1150. The van der Waals surface area contributed by atoms with E-state index in [2.05, 4.69) is 21.9 Å². The van der Waals surface area contributed by atoms with Gasteiger partial charge in [0.05, 0.1) is 29.4 Å². The Kier molecular flexibility index (Phi) is 6.53. The average molecular weight is 412 g/mol. The highest BCUT2D eigenvalue weighted by Gasteiger charge is 2.11. The van der Waals surface area contributed by atoms with Crippen LogP contribution < -0.4 is 15.6 Å². The summed E-state index contributed by atoms with van der Waals surface area (Å²) >= 11 is 5.23. The van der Waals surface area contributed by atoms with Crippen LogP contribution in [0.25, 0.3) is 10.9 Å². The van der Waals surface area contributed by atoms with Gasteiger partial charge in [0.25, 0.3) is 11.5 Å². The number of anilines is 1. The number of aromatic amines is 1. The first-order valence-electron chi connectivity index (χ1n) is 8.80. The van der Waals surface area contributed by atoms with E-state index in [9.17, 15) is 9.59 Å². The zero-order valence-corrected chi connectivity index (χ0v) is 16.6. The first kappa shape index (κ1) is 20.4. The summed E-state index contributed by atoms with van der Waals surface area (Å²) in [6.07, 6.45) is 3.10. The van der Waals surface area contributed by atoms with Gasteiger partial charge in [-0.1, -0.05) is 6.08 Å². The van der Waals surface area contributed by atoms with E-state index < -0.39 is 0 Å². The van der Waals surface area contributed by atoms with E-state index in [1.807, 2.05) is 0 Å². The van der Waals surface area contributed by atoms with Gasteiger partial charge in [0.15, 0.2) is 4.77 Å². The van der Waals surface area contributed by atoms with Crippen LogP contribution >= 0.6 is 12.2 Å². The number of allylic oxidation sites excluding steroid dienone is 1. The first-order chi connectivity index (χ1) is 14.0. The van der Waals surface area contributed by atoms with Crippen LogP contribution in [0.2, 0.25) is 0 Å². The predicted molar refractivity (Wildman–Crippen MR) is 113 cm³/mol. The lowest BCUT2D eigenvalue weighted by molar-refractivity contribution is 0.102. The van der Waals surface area contributed by atoms with Crippen molar-refractivity contribution in [2.75, 3.05) is 25.6 Å². The van der Waals surface area contributed by atoms with E-state index in [0.717, 1.165) is 0 Å². The number of amides is 1. The van der Waals surface area contributed by atoms with Crippen molar-refractivity contribution in [1.29, 1.82) is 0 Å². The number of hydrogen-bond acceptors (Lipinski definition) is 6. The number of nitrogens with zero attached hydrogens (tertiary/aromatic N) is 2. The van der Waals surface area contributed by atoms with Crippen molar-refractivity contribution in [2.45, 2.75) is 6.54 Å². The number of hydrogen-bond donors (Lipinski definition) is 2. The van der Waals surface area contributed by atoms with E-state index in [4.69, 9.17) is 21.7 Å². The molecule has 8 nitrogen and oxygen atoms in total. The third-order valence-electron chi connectivity index (χ3n) is 4.09. The molecule has 0 aliphatic carbocycles. The molecule has 0 aliphatic rings. The summed E-state index contributed by atoms with van der Waals surface area (Å²) < 4.78 is 12.0. The molecule has 0 saturated heterocycles. The molecule has 9 heteroatoms. The van der Waals surface area contributed by atoms with Crippen molar-refractivity contribution in [1.82, 2.24) is 14.5 Å². The van der Waals surface area contributed by atoms with Gasteiger partial charge in [-0.2, -0.15) is 0 Å². The highest BCUT2D eigenvalue weighted by Crippen LogP contribution is 2.15. The minimum Gasteiger partial charge on any atom is -0.475 e. The summed E-state index contributed by atoms with van der Waals surface area (Å²) in [6.45, 7) is 4.79. The van der Waals surface area contributed by atoms with Gasteiger partial charge in [0.1, 0.15) is 6.61 Å². The van der Waals surface area contributed by atoms with Crippen LogP contribution in [0.4, 0.5) is 5.69 Å². The topological polar surface area (TPSA) is 98.2 Å². The van der Waals surface area contributed by atoms with E-state index in [-0.39, 0.29) is 16.2 Å². The number of benzene rings is 1. The molecule has 0 atom stereocenters. The van der Waals surface area contributed by atoms with Crippen LogP contribution in [0.1, 0.15) is 10.4 Å². The number of rotatable bonds is 8. The van der Waals surface area contributed by atoms with Gasteiger partial charge >= 0.3 is 0 Å². The summed E-state index contributed by atoms with van der Waals surface area (Å²) in [5.74, 6) is 0.102. The van der Waals surface area contributed by atoms with Crippen LogP contribution in [-0.2, 0) is 11.3 Å². The van der Waals surface area contributed by atoms with Crippen LogP contribution in [0.15, 0.2) is 54.0 Å². The third-order valence-corrected chi connectivity index (χ3v) is 4.41. The number of nitrogens with one attached hydrogen (secondary N) is 2. The van der Waals surface area contributed by atoms with E-state index in [1.165, 1.54) is 10.8 Å². The fourth-order valence-corrected chi connectivity index (χ4v) is 2.93. The monoisotopic (exact) mass is 412 g/mol. The smallest absolute Gasteiger partial charge is 0.262 e. The molecule has 0 radical (unpaired) electrons. The van der Waals surface area contributed by atoms with Crippen LogP contribution in [-0.4, -0.2) is 40.8 Å². The third kappa shape index (κ3) is 4.76. The number of carbonyl (C=O) groups is 1. The Labute approximate surface area is 171 Å². The summed E-state index contributed by atoms with van der Waals surface area (Å²) in [5, 5.41) is 3.20. The van der Waals surface area contributed by atoms with Crippen LogP contribution in [0.5, 0.6) is 5.88 Å². The molecule has 2 heterocycles. The normalized spacial score (nSPS) is 10.7. The number of methoxy groups -OCH3 is 1. The Morgan fingerprint density at radius 1 is 1.34 bits per heavy atom. The molecule has 2 aromatic heterocycles. The van der Waals surface area contributed by atoms with Gasteiger partial charge < -0.3 is 19.8 Å². The number of aromatic nitrogens is 3. The van der Waals surface area contributed by atoms with E-state index >= 15 is 0 Å². The summed E-state index contributed by atoms with van der Waals surface area (Å²) in [6, 6.07) is 8.13. The predicted octanol–water partition coefficient (Wildman–Crippen LogP) is 2.92. The molecule has 29 heavy (non-hydrogen) atoms. The van der Waals surface area contributed by atoms with Crippen molar-refractivity contribution in [3.63, 3.8) is 0 Å². The van der Waals surface area contributed by atoms with Crippen molar-refractivity contribution in [3.05, 3.63) is 69.9 Å². The Morgan fingerprint density at radius 2 is 2.17 bits per heavy atom. The number of H-pyrrole nitrogens is 1. The molecule has 0 spiro atoms. The molecule has 0 bridgehead atoms. The number of fused-ring (bicyclic) bond motifs is 1. The maximum atomic E-state index is 12.6. The minimum absolute atomic E-state index is 0.233. The SMILES string of the molecule is C=CCn1c(=S)[nH]c2cc(C(=O)Nc3ccc(OCCOC)nc3)ccc2c1=O. The lowest BCUT2D eigenvalue weighted by Crippen LogP contribution is -2.22. The van der Waals surface area contributed by atoms with Gasteiger partial charge in [-0.3, -0.25) is 14.2 Å². The molecular formula is C20H20N4O4S. The van der Waals surface area contributed by atoms with Crippen molar-refractivity contribution in [3.8, 4) is 5.88 Å². The van der Waals surface area contributed by atoms with Gasteiger partial charge in [0.2, 0.25) is 5.88 Å². The lowest BCUT2D eigenvalue weighted by atomic mass is 10.1. The van der Waals surface area contributed by atoms with Gasteiger partial charge in [-0.25, -0.2) is 4.98 Å². The Balaban J connectivity index is 1.79. The highest BCUT2D eigenvalue weighted by molar-refractivity contribution is 7.71. The van der Waals surface area contributed by atoms with Gasteiger partial charge in [0, 0.05) is 25.3 Å². The summed E-state index contributed by atoms with van der Waals surface area (Å²) in [5.41, 5.74) is 1.16. The fourth-order valence-electron chi connectivity index (χ4n) is 2.66. The van der Waals surface area contributed by atoms with Gasteiger partial charge in [-0.15, -0.1) is 6.58 Å². The van der Waals surface area contributed by atoms with E-state index in [1.54, 1.807) is 43.5 Å². The zero-order valence-electron chi connectivity index (χ0n) is 15.8. The molecule has 1 aromatic carbocycles. The standard InChI is InChI=1S/C20H20N4O4S/c1-3-8-24-19(26)15-6-4-13(11-16(15)23-20(24)29)18(25)22-14-5-7-17(21-12-14)28-10-9-27-2/h3-7,11-12H,1,8-10H2,2H3,(H,22,25)(H,23,29). The molecule has 0 fully saturated rings. The molecule has 1 amide bonds. The zero-order chi connectivity index (χ0) is 20.8. The second-order valence-electron chi connectivity index (χ2n) is 6.08. The number of pyridine rings is 1. The number of carbonyl (C=O) groups excluding carboxylic acids is 1. The molecule has 2 N–H and O–H groups in total. The van der Waals surface area contributed by atoms with Gasteiger partial charge in [-0.05, 0) is 36.5 Å². The molecule has 0 unspecified atom stereocenters. The maximum absolute atomic E-state index is 12.6. The minimum atomic E-state index is -0.337. The van der Waals surface area contributed by atoms with E-state index in [0.29, 0.717) is 47.8 Å². The molecular weight excluding hydrogens is 392 g/mol. The van der Waals surface area contributed by atoms with Crippen LogP contribution in [0, 0.1) is 4.77 Å². The second-order valence-corrected chi connectivity index (χ2v) is 6.46. The van der Waals surface area contributed by atoms with Crippen molar-refractivity contribution < 1.29 is 14.3 Å². The molecule has 3 rings (SSSR count).